The van der Waals surface area contributed by atoms with Crippen LogP contribution in [0.15, 0.2) is 65.8 Å². The van der Waals surface area contributed by atoms with Gasteiger partial charge in [0.2, 0.25) is 0 Å². The fourth-order valence-corrected chi connectivity index (χ4v) is 24.8. The Bertz CT molecular complexity index is 2960. The lowest BCUT2D eigenvalue weighted by Crippen LogP contribution is -2.17. The molecule has 552 valence electrons. The molecule has 0 unspecified atom stereocenters. The van der Waals surface area contributed by atoms with Gasteiger partial charge < -0.3 is 0 Å². The molecule has 0 fully saturated rings. The maximum atomic E-state index is 15.2. The molecule has 0 aliphatic heterocycles. The van der Waals surface area contributed by atoms with Crippen LogP contribution in [0.25, 0.3) is 32.3 Å². The Morgan fingerprint density at radius 1 is 0.156 bits per heavy atom. The Kier molecular flexibility index (Phi) is 41.2. The van der Waals surface area contributed by atoms with Gasteiger partial charge in [0.05, 0.1) is 63.9 Å². The van der Waals surface area contributed by atoms with Gasteiger partial charge in [-0.25, -0.2) is 50.5 Å². The summed E-state index contributed by atoms with van der Waals surface area (Å²) < 4.78 is 183. The van der Waals surface area contributed by atoms with Crippen molar-refractivity contribution in [1.29, 1.82) is 0 Å². The van der Waals surface area contributed by atoms with E-state index >= 15 is 50.5 Å². The zero-order valence-electron chi connectivity index (χ0n) is 61.0. The first kappa shape index (κ1) is 85.8. The quantitative estimate of drug-likeness (QED) is 0.0299. The van der Waals surface area contributed by atoms with Gasteiger partial charge in [0, 0.05) is 0 Å². The van der Waals surface area contributed by atoms with Crippen molar-refractivity contribution in [2.45, 2.75) is 379 Å². The van der Waals surface area contributed by atoms with E-state index in [1.54, 1.807) is 0 Å². The molecule has 96 heavy (non-hydrogen) atoms. The van der Waals surface area contributed by atoms with E-state index in [-0.39, 0.29) is 105 Å². The Morgan fingerprint density at radius 3 is 0.354 bits per heavy atom. The largest absolute Gasteiger partial charge is 0.224 e. The Balaban J connectivity index is 2.20. The lowest BCUT2D eigenvalue weighted by atomic mass is 9.94. The third kappa shape index (κ3) is 29.4. The summed E-state index contributed by atoms with van der Waals surface area (Å²) in [5, 5.41) is 0.553. The number of hydrogen-bond acceptors (Lipinski definition) is 12. The van der Waals surface area contributed by atoms with Crippen molar-refractivity contribution in [2.24, 2.45) is 0 Å². The summed E-state index contributed by atoms with van der Waals surface area (Å²) in [6.45, 7) is 12.9. The van der Waals surface area contributed by atoms with Crippen molar-refractivity contribution in [3.8, 4) is 0 Å². The smallest absolute Gasteiger partial charge is 0.179 e. The SMILES string of the molecule is CCCCCCCCCCS(=O)(=O)c1cc2c3cc(S(=O)(=O)CCCCCCCCCC)c(S(=O)(=O)CCCCCCCCCC)cc3c3cc(S(=O)(=O)CCCCCCCCCC)c(S(=O)(=O)CCCCCCCCCC)cc3c2cc1S(=O)(=O)CCCCCCCCCC. The minimum absolute atomic E-state index is 0.0922. The summed E-state index contributed by atoms with van der Waals surface area (Å²) in [7, 11) is -26.5. The molecule has 0 atom stereocenters. The average Bonchev–Trinajstić information content (AvgIpc) is 0.709. The first-order chi connectivity index (χ1) is 46.0. The highest BCUT2D eigenvalue weighted by Crippen LogP contribution is 2.45. The van der Waals surface area contributed by atoms with Gasteiger partial charge in [-0.1, -0.05) is 311 Å². The van der Waals surface area contributed by atoms with Crippen LogP contribution in [0.2, 0.25) is 0 Å². The second-order valence-electron chi connectivity index (χ2n) is 28.3. The summed E-state index contributed by atoms with van der Waals surface area (Å²) in [5.41, 5.74) is 0. The topological polar surface area (TPSA) is 205 Å². The van der Waals surface area contributed by atoms with E-state index in [0.717, 1.165) is 231 Å². The summed E-state index contributed by atoms with van der Waals surface area (Å²) >= 11 is 0. The summed E-state index contributed by atoms with van der Waals surface area (Å²) in [6.07, 6.45) is 41.7. The van der Waals surface area contributed by atoms with Crippen LogP contribution in [-0.2, 0) is 59.0 Å². The first-order valence-electron chi connectivity index (χ1n) is 38.9. The Hall–Kier alpha value is -2.64. The van der Waals surface area contributed by atoms with E-state index in [4.69, 9.17) is 0 Å². The van der Waals surface area contributed by atoms with Crippen molar-refractivity contribution in [3.05, 3.63) is 36.4 Å². The number of hydrogen-bond donors (Lipinski definition) is 0. The highest BCUT2D eigenvalue weighted by Gasteiger charge is 2.34. The molecule has 4 aromatic rings. The molecule has 0 bridgehead atoms. The molecule has 0 aromatic heterocycles. The second kappa shape index (κ2) is 46.1. The van der Waals surface area contributed by atoms with Crippen LogP contribution in [-0.4, -0.2) is 85.0 Å². The average molecular weight is 1450 g/mol. The standard InChI is InChI=1S/C78H132O12S6/c1-7-13-19-25-31-37-43-49-55-91(79,80)73-61-67-68(62-74(73)92(81,82)56-50-44-38-32-26-20-14-8-2)70-64-76(94(85,86)58-52-46-40-34-28-22-16-10-4)78(96(89,90)60-54-48-42-36-30-24-18-12-6)66-72(70)71-65-77(95(87,88)59-53-47-41-35-29-23-17-11-5)75(63-69(67)71)93(83,84)57-51-45-39-33-27-21-15-9-3/h61-66H,7-60H2,1-6H3. The second-order valence-corrected chi connectivity index (χ2v) is 40.8. The van der Waals surface area contributed by atoms with Gasteiger partial charge in [0.15, 0.2) is 59.0 Å². The van der Waals surface area contributed by atoms with Crippen LogP contribution < -0.4 is 0 Å². The van der Waals surface area contributed by atoms with Crippen LogP contribution in [0.5, 0.6) is 0 Å². The molecule has 4 aromatic carbocycles. The van der Waals surface area contributed by atoms with Gasteiger partial charge in [-0.05, 0) is 107 Å². The maximum absolute atomic E-state index is 15.2. The normalized spacial score (nSPS) is 12.9. The monoisotopic (exact) mass is 1450 g/mol. The molecular weight excluding hydrogens is 1320 g/mol. The molecular formula is C78H132O12S6. The van der Waals surface area contributed by atoms with Crippen LogP contribution in [0.3, 0.4) is 0 Å². The lowest BCUT2D eigenvalue weighted by molar-refractivity contribution is 0.565. The van der Waals surface area contributed by atoms with E-state index in [9.17, 15) is 0 Å². The first-order valence-corrected chi connectivity index (χ1v) is 48.8. The minimum Gasteiger partial charge on any atom is -0.224 e. The summed E-state index contributed by atoms with van der Waals surface area (Å²) in [4.78, 5) is -2.67. The van der Waals surface area contributed by atoms with Gasteiger partial charge in [0.1, 0.15) is 0 Å². The number of rotatable bonds is 60. The molecule has 18 heteroatoms. The number of fused-ring (bicyclic) bond motifs is 6. The van der Waals surface area contributed by atoms with Crippen molar-refractivity contribution in [1.82, 2.24) is 0 Å². The van der Waals surface area contributed by atoms with E-state index in [0.29, 0.717) is 38.5 Å². The Morgan fingerprint density at radius 2 is 0.250 bits per heavy atom. The fraction of sp³-hybridized carbons (Fsp3) is 0.769. The van der Waals surface area contributed by atoms with Crippen LogP contribution in [0.1, 0.15) is 350 Å². The molecule has 0 radical (unpaired) electrons. The maximum Gasteiger partial charge on any atom is 0.179 e. The van der Waals surface area contributed by atoms with E-state index < -0.39 is 88.4 Å². The number of unbranched alkanes of at least 4 members (excludes halogenated alkanes) is 42. The van der Waals surface area contributed by atoms with E-state index in [1.807, 2.05) is 0 Å². The predicted octanol–water partition coefficient (Wildman–Crippen LogP) is 22.6. The molecule has 0 aliphatic carbocycles. The molecule has 0 amide bonds. The minimum atomic E-state index is -4.42. The van der Waals surface area contributed by atoms with Gasteiger partial charge in [0.25, 0.3) is 0 Å². The van der Waals surface area contributed by atoms with E-state index in [2.05, 4.69) is 41.5 Å². The molecule has 0 N–H and O–H groups in total. The van der Waals surface area contributed by atoms with Crippen molar-refractivity contribution in [3.63, 3.8) is 0 Å². The van der Waals surface area contributed by atoms with Gasteiger partial charge in [-0.3, -0.25) is 0 Å². The molecule has 0 spiro atoms. The van der Waals surface area contributed by atoms with Crippen LogP contribution >= 0.6 is 0 Å². The molecule has 0 saturated carbocycles. The molecule has 0 aliphatic rings. The van der Waals surface area contributed by atoms with Crippen molar-refractivity contribution >= 4 is 91.3 Å². The summed E-state index contributed by atoms with van der Waals surface area (Å²) in [5.74, 6) is -2.17. The zero-order chi connectivity index (χ0) is 70.4. The third-order valence-electron chi connectivity index (χ3n) is 19.7. The van der Waals surface area contributed by atoms with Crippen LogP contribution in [0.4, 0.5) is 0 Å². The molecule has 4 rings (SSSR count). The van der Waals surface area contributed by atoms with Gasteiger partial charge >= 0.3 is 0 Å². The number of sulfone groups is 6. The predicted molar refractivity (Wildman–Crippen MR) is 407 cm³/mol. The van der Waals surface area contributed by atoms with Gasteiger partial charge in [-0.2, -0.15) is 0 Å². The van der Waals surface area contributed by atoms with Crippen molar-refractivity contribution < 1.29 is 50.5 Å². The lowest BCUT2D eigenvalue weighted by Gasteiger charge is -2.20. The van der Waals surface area contributed by atoms with Crippen molar-refractivity contribution in [2.75, 3.05) is 34.5 Å². The van der Waals surface area contributed by atoms with Crippen LogP contribution in [0, 0.1) is 0 Å². The summed E-state index contributed by atoms with van der Waals surface area (Å²) in [6, 6.07) is 7.85. The number of benzene rings is 4. The highest BCUT2D eigenvalue weighted by atomic mass is 32.2. The molecule has 0 heterocycles. The van der Waals surface area contributed by atoms with E-state index in [1.165, 1.54) is 36.4 Å². The Labute approximate surface area is 587 Å². The molecule has 12 nitrogen and oxygen atoms in total. The fourth-order valence-electron chi connectivity index (χ4n) is 13.7. The van der Waals surface area contributed by atoms with Gasteiger partial charge in [-0.15, -0.1) is 0 Å². The highest BCUT2D eigenvalue weighted by molar-refractivity contribution is 7.95. The third-order valence-corrected chi connectivity index (χ3v) is 31.1. The zero-order valence-corrected chi connectivity index (χ0v) is 65.9. The molecule has 0 saturated heterocycles.